The van der Waals surface area contributed by atoms with E-state index in [-0.39, 0.29) is 6.04 Å². The molecule has 13 heavy (non-hydrogen) atoms. The molecule has 76 valence electrons. The molecule has 1 rings (SSSR count). The van der Waals surface area contributed by atoms with E-state index in [1.165, 1.54) is 0 Å². The molecule has 1 heterocycles. The van der Waals surface area contributed by atoms with Gasteiger partial charge in [-0.25, -0.2) is 0 Å². The average Bonchev–Trinajstić information content (AvgIpc) is 2.48. The molecule has 2 N–H and O–H groups in total. The van der Waals surface area contributed by atoms with Crippen LogP contribution in [0.25, 0.3) is 0 Å². The molecule has 1 aliphatic heterocycles. The van der Waals surface area contributed by atoms with E-state index in [0.29, 0.717) is 17.1 Å². The van der Waals surface area contributed by atoms with Crippen LogP contribution < -0.4 is 5.73 Å². The summed E-state index contributed by atoms with van der Waals surface area (Å²) in [5, 5.41) is 0. The summed E-state index contributed by atoms with van der Waals surface area (Å²) < 4.78 is 5.49. The lowest BCUT2D eigenvalue weighted by Crippen LogP contribution is -2.47. The molecule has 0 aromatic rings. The largest absolute Gasteiger partial charge is 0.392 e. The van der Waals surface area contributed by atoms with Crippen molar-refractivity contribution in [3.8, 4) is 0 Å². The lowest BCUT2D eigenvalue weighted by molar-refractivity contribution is 0.0797. The minimum atomic E-state index is 0.157. The van der Waals surface area contributed by atoms with E-state index in [9.17, 15) is 0 Å². The van der Waals surface area contributed by atoms with Crippen LogP contribution in [0.3, 0.4) is 0 Å². The number of nitrogens with zero attached hydrogens (tertiary/aromatic N) is 1. The first-order chi connectivity index (χ1) is 6.04. The Kier molecular flexibility index (Phi) is 3.64. The Hall–Kier alpha value is -0.190. The van der Waals surface area contributed by atoms with Gasteiger partial charge >= 0.3 is 0 Å². The van der Waals surface area contributed by atoms with Gasteiger partial charge in [-0.05, 0) is 27.3 Å². The quantitative estimate of drug-likeness (QED) is 0.686. The van der Waals surface area contributed by atoms with Gasteiger partial charge in [0.15, 0.2) is 0 Å². The van der Waals surface area contributed by atoms with Gasteiger partial charge < -0.3 is 10.5 Å². The van der Waals surface area contributed by atoms with Crippen LogP contribution in [0.1, 0.15) is 20.3 Å². The molecule has 0 aromatic carbocycles. The van der Waals surface area contributed by atoms with Crippen LogP contribution in [-0.2, 0) is 4.74 Å². The first-order valence-electron chi connectivity index (χ1n) is 4.67. The van der Waals surface area contributed by atoms with Gasteiger partial charge in [0.25, 0.3) is 0 Å². The molecule has 0 bridgehead atoms. The minimum Gasteiger partial charge on any atom is -0.392 e. The summed E-state index contributed by atoms with van der Waals surface area (Å²) in [5.74, 6) is 0. The summed E-state index contributed by atoms with van der Waals surface area (Å²) in [4.78, 5) is 2.77. The minimum absolute atomic E-state index is 0.157. The van der Waals surface area contributed by atoms with Crippen molar-refractivity contribution >= 4 is 17.2 Å². The SMILES string of the molecule is CC1OCCC1N(C)C(C)C(N)=S. The van der Waals surface area contributed by atoms with Crippen molar-refractivity contribution in [2.75, 3.05) is 13.7 Å². The van der Waals surface area contributed by atoms with E-state index in [4.69, 9.17) is 22.7 Å². The maximum absolute atomic E-state index is 5.60. The smallest absolute Gasteiger partial charge is 0.0899 e. The van der Waals surface area contributed by atoms with Gasteiger partial charge in [-0.2, -0.15) is 0 Å². The lowest BCUT2D eigenvalue weighted by Gasteiger charge is -2.31. The zero-order chi connectivity index (χ0) is 10.0. The second kappa shape index (κ2) is 4.35. The van der Waals surface area contributed by atoms with E-state index in [2.05, 4.69) is 18.9 Å². The van der Waals surface area contributed by atoms with E-state index in [0.717, 1.165) is 13.0 Å². The normalized spacial score (nSPS) is 30.8. The molecule has 4 heteroatoms. The van der Waals surface area contributed by atoms with Crippen LogP contribution in [0, 0.1) is 0 Å². The highest BCUT2D eigenvalue weighted by Crippen LogP contribution is 2.19. The first-order valence-corrected chi connectivity index (χ1v) is 5.07. The van der Waals surface area contributed by atoms with Crippen LogP contribution in [0.5, 0.6) is 0 Å². The highest BCUT2D eigenvalue weighted by molar-refractivity contribution is 7.80. The van der Waals surface area contributed by atoms with Crippen molar-refractivity contribution in [3.63, 3.8) is 0 Å². The number of hydrogen-bond acceptors (Lipinski definition) is 3. The summed E-state index contributed by atoms with van der Waals surface area (Å²) in [5.41, 5.74) is 5.60. The van der Waals surface area contributed by atoms with E-state index < -0.39 is 0 Å². The van der Waals surface area contributed by atoms with Crippen molar-refractivity contribution in [2.45, 2.75) is 38.5 Å². The van der Waals surface area contributed by atoms with E-state index >= 15 is 0 Å². The summed E-state index contributed by atoms with van der Waals surface area (Å²) >= 11 is 4.96. The fourth-order valence-electron chi connectivity index (χ4n) is 1.74. The monoisotopic (exact) mass is 202 g/mol. The van der Waals surface area contributed by atoms with Gasteiger partial charge in [-0.3, -0.25) is 4.90 Å². The number of rotatable bonds is 3. The van der Waals surface area contributed by atoms with Gasteiger partial charge in [0.1, 0.15) is 0 Å². The van der Waals surface area contributed by atoms with Crippen molar-refractivity contribution in [2.24, 2.45) is 5.73 Å². The Balaban J connectivity index is 2.55. The molecule has 0 spiro atoms. The predicted octanol–water partition coefficient (Wildman–Crippen LogP) is 0.770. The molecule has 0 aliphatic carbocycles. The molecule has 1 fully saturated rings. The fourth-order valence-corrected chi connectivity index (χ4v) is 1.91. The third kappa shape index (κ3) is 2.39. The molecule has 0 saturated carbocycles. The number of nitrogens with two attached hydrogens (primary N) is 1. The molecule has 3 atom stereocenters. The number of hydrogen-bond donors (Lipinski definition) is 1. The average molecular weight is 202 g/mol. The second-order valence-electron chi connectivity index (χ2n) is 3.68. The van der Waals surface area contributed by atoms with Gasteiger partial charge in [0.2, 0.25) is 0 Å². The summed E-state index contributed by atoms with van der Waals surface area (Å²) in [6.45, 7) is 4.98. The van der Waals surface area contributed by atoms with E-state index in [1.54, 1.807) is 0 Å². The number of thiocarbonyl (C=S) groups is 1. The van der Waals surface area contributed by atoms with Crippen molar-refractivity contribution in [1.82, 2.24) is 4.90 Å². The summed E-state index contributed by atoms with van der Waals surface area (Å²) in [7, 11) is 2.06. The molecule has 3 nitrogen and oxygen atoms in total. The molecule has 1 aliphatic rings. The van der Waals surface area contributed by atoms with Crippen LogP contribution in [0.4, 0.5) is 0 Å². The maximum atomic E-state index is 5.60. The number of ether oxygens (including phenoxy) is 1. The zero-order valence-electron chi connectivity index (χ0n) is 8.49. The third-order valence-corrected chi connectivity index (χ3v) is 3.22. The Morgan fingerprint density at radius 1 is 1.69 bits per heavy atom. The fraction of sp³-hybridized carbons (Fsp3) is 0.889. The third-order valence-electron chi connectivity index (χ3n) is 2.88. The van der Waals surface area contributed by atoms with Crippen LogP contribution >= 0.6 is 12.2 Å². The summed E-state index contributed by atoms with van der Waals surface area (Å²) in [6, 6.07) is 0.612. The Labute approximate surface area is 85.2 Å². The predicted molar refractivity (Wildman–Crippen MR) is 57.8 cm³/mol. The van der Waals surface area contributed by atoms with Gasteiger partial charge in [-0.15, -0.1) is 0 Å². The second-order valence-corrected chi connectivity index (χ2v) is 4.15. The van der Waals surface area contributed by atoms with Gasteiger partial charge in [0.05, 0.1) is 17.1 Å². The van der Waals surface area contributed by atoms with Gasteiger partial charge in [-0.1, -0.05) is 12.2 Å². The highest BCUT2D eigenvalue weighted by atomic mass is 32.1. The maximum Gasteiger partial charge on any atom is 0.0899 e. The van der Waals surface area contributed by atoms with Crippen molar-refractivity contribution in [1.29, 1.82) is 0 Å². The molecule has 0 amide bonds. The Morgan fingerprint density at radius 3 is 2.69 bits per heavy atom. The molecular formula is C9H18N2OS. The molecule has 3 unspecified atom stereocenters. The molecular weight excluding hydrogens is 184 g/mol. The molecule has 0 radical (unpaired) electrons. The topological polar surface area (TPSA) is 38.5 Å². The van der Waals surface area contributed by atoms with Crippen molar-refractivity contribution in [3.05, 3.63) is 0 Å². The van der Waals surface area contributed by atoms with Crippen molar-refractivity contribution < 1.29 is 4.74 Å². The standard InChI is InChI=1S/C9H18N2OS/c1-6(9(10)13)11(3)8-4-5-12-7(8)2/h6-8H,4-5H2,1-3H3,(H2,10,13). The van der Waals surface area contributed by atoms with Crippen LogP contribution in [0.15, 0.2) is 0 Å². The summed E-state index contributed by atoms with van der Waals surface area (Å²) in [6.07, 6.45) is 1.37. The lowest BCUT2D eigenvalue weighted by atomic mass is 10.1. The van der Waals surface area contributed by atoms with E-state index in [1.807, 2.05) is 6.92 Å². The number of likely N-dealkylation sites (N-methyl/N-ethyl adjacent to an activating group) is 1. The van der Waals surface area contributed by atoms with Crippen LogP contribution in [-0.4, -0.2) is 41.7 Å². The first kappa shape index (κ1) is 10.9. The van der Waals surface area contributed by atoms with Gasteiger partial charge in [0, 0.05) is 12.6 Å². The molecule has 0 aromatic heterocycles. The molecule has 1 saturated heterocycles. The highest BCUT2D eigenvalue weighted by Gasteiger charge is 2.30. The Bertz CT molecular complexity index is 198. The Morgan fingerprint density at radius 2 is 2.31 bits per heavy atom. The zero-order valence-corrected chi connectivity index (χ0v) is 9.30. The van der Waals surface area contributed by atoms with Crippen LogP contribution in [0.2, 0.25) is 0 Å².